The van der Waals surface area contributed by atoms with E-state index in [0.717, 1.165) is 17.0 Å². The third-order valence-electron chi connectivity index (χ3n) is 5.56. The predicted octanol–water partition coefficient (Wildman–Crippen LogP) is 2.09. The standard InChI is InChI=1S/C23H20FN7O5S3/c24-7-9-36-29-16(13-10-38-23(25)27-13)19(32)28-17-20(33)30-18(22(34)35)14(11-37-21(17)30)39-15-6-8-26-31(15)12-4-2-1-3-5-12/h1-6,8,10,17,21H,7,9,11H2,(H2,25,27)(H,28,32)(H,34,35)/b29-16-/t17-,21-/m1/s1. The number of carboxylic acid groups (broad SMARTS) is 1. The molecule has 4 heterocycles. The first-order valence-electron chi connectivity index (χ1n) is 11.4. The number of aromatic nitrogens is 3. The number of carbonyl (C=O) groups excluding carboxylic acids is 2. The Morgan fingerprint density at radius 1 is 1.31 bits per heavy atom. The Bertz CT molecular complexity index is 1480. The van der Waals surface area contributed by atoms with Gasteiger partial charge in [-0.15, -0.1) is 23.1 Å². The van der Waals surface area contributed by atoms with E-state index in [4.69, 9.17) is 10.6 Å². The average molecular weight is 590 g/mol. The van der Waals surface area contributed by atoms with Crippen molar-refractivity contribution in [2.75, 3.05) is 24.8 Å². The summed E-state index contributed by atoms with van der Waals surface area (Å²) in [6.45, 7) is -1.19. The van der Waals surface area contributed by atoms with Crippen molar-refractivity contribution < 1.29 is 28.7 Å². The number of nitrogens with one attached hydrogen (secondary N) is 1. The topological polar surface area (TPSA) is 165 Å². The van der Waals surface area contributed by atoms with Crippen LogP contribution in [0.15, 0.2) is 68.8 Å². The second kappa shape index (κ2) is 11.5. The molecule has 39 heavy (non-hydrogen) atoms. The lowest BCUT2D eigenvalue weighted by molar-refractivity contribution is -0.150. The number of para-hydroxylation sites is 1. The molecule has 2 aliphatic heterocycles. The molecule has 12 nitrogen and oxygen atoms in total. The number of benzene rings is 1. The van der Waals surface area contributed by atoms with E-state index in [0.29, 0.717) is 9.93 Å². The number of nitrogens with zero attached hydrogens (tertiary/aromatic N) is 5. The van der Waals surface area contributed by atoms with Gasteiger partial charge in [-0.3, -0.25) is 14.5 Å². The maximum Gasteiger partial charge on any atom is 0.353 e. The fourth-order valence-electron chi connectivity index (χ4n) is 3.88. The van der Waals surface area contributed by atoms with E-state index >= 15 is 0 Å². The number of nitrogen functional groups attached to an aromatic ring is 1. The molecule has 2 atom stereocenters. The highest BCUT2D eigenvalue weighted by atomic mass is 32.2. The second-order valence-electron chi connectivity index (χ2n) is 7.99. The SMILES string of the molecule is Nc1nc(/C(=N/OCCF)C(=O)N[C@@H]2C(=O)N3C(C(=O)O)=C(Sc4ccnn4-c4ccccc4)CS[C@H]23)cs1. The highest BCUT2D eigenvalue weighted by molar-refractivity contribution is 8.06. The number of alkyl halides is 1. The zero-order chi connectivity index (χ0) is 27.5. The number of oxime groups is 1. The molecule has 0 unspecified atom stereocenters. The van der Waals surface area contributed by atoms with Gasteiger partial charge in [0.05, 0.1) is 11.9 Å². The van der Waals surface area contributed by atoms with Gasteiger partial charge < -0.3 is 21.0 Å². The Labute approximate surface area is 233 Å². The lowest BCUT2D eigenvalue weighted by Crippen LogP contribution is -2.71. The number of aliphatic carboxylic acids is 1. The summed E-state index contributed by atoms with van der Waals surface area (Å²) >= 11 is 3.60. The molecule has 202 valence electrons. The van der Waals surface area contributed by atoms with Gasteiger partial charge in [0.15, 0.2) is 10.8 Å². The maximum absolute atomic E-state index is 13.1. The number of amides is 2. The van der Waals surface area contributed by atoms with Crippen LogP contribution in [0.5, 0.6) is 0 Å². The third-order valence-corrected chi connectivity index (χ3v) is 8.80. The average Bonchev–Trinajstić information content (AvgIpc) is 3.58. The summed E-state index contributed by atoms with van der Waals surface area (Å²) in [5, 5.41) is 22.3. The Balaban J connectivity index is 1.35. The van der Waals surface area contributed by atoms with E-state index in [-0.39, 0.29) is 34.6 Å². The van der Waals surface area contributed by atoms with Gasteiger partial charge in [-0.25, -0.2) is 18.9 Å². The van der Waals surface area contributed by atoms with E-state index in [1.165, 1.54) is 33.8 Å². The molecule has 1 aromatic carbocycles. The number of thiazole rings is 1. The number of carbonyl (C=O) groups is 3. The molecule has 0 spiro atoms. The number of β-lactam (4-membered cyclic amide) rings is 1. The Hall–Kier alpha value is -3.89. The first-order chi connectivity index (χ1) is 18.9. The number of nitrogens with two attached hydrogens (primary N) is 1. The molecule has 0 aliphatic carbocycles. The zero-order valence-corrected chi connectivity index (χ0v) is 22.3. The normalized spacial score (nSPS) is 18.9. The van der Waals surface area contributed by atoms with Crippen molar-refractivity contribution in [3.05, 3.63) is 64.3 Å². The van der Waals surface area contributed by atoms with Gasteiger partial charge in [-0.05, 0) is 18.2 Å². The quantitative estimate of drug-likeness (QED) is 0.138. The summed E-state index contributed by atoms with van der Waals surface area (Å²) in [4.78, 5) is 48.9. The van der Waals surface area contributed by atoms with Crippen LogP contribution in [-0.2, 0) is 19.2 Å². The highest BCUT2D eigenvalue weighted by Gasteiger charge is 2.54. The first-order valence-corrected chi connectivity index (χ1v) is 14.1. The van der Waals surface area contributed by atoms with Crippen LogP contribution < -0.4 is 11.1 Å². The maximum atomic E-state index is 13.1. The van der Waals surface area contributed by atoms with E-state index < -0.39 is 35.9 Å². The molecule has 0 bridgehead atoms. The van der Waals surface area contributed by atoms with Gasteiger partial charge in [0, 0.05) is 16.0 Å². The number of rotatable bonds is 10. The Morgan fingerprint density at radius 2 is 2.10 bits per heavy atom. The summed E-state index contributed by atoms with van der Waals surface area (Å²) in [6.07, 6.45) is 1.61. The summed E-state index contributed by atoms with van der Waals surface area (Å²) in [7, 11) is 0. The molecular formula is C23H20FN7O5S3. The van der Waals surface area contributed by atoms with Crippen LogP contribution in [0.2, 0.25) is 0 Å². The minimum Gasteiger partial charge on any atom is -0.477 e. The van der Waals surface area contributed by atoms with Crippen molar-refractivity contribution >= 4 is 63.5 Å². The summed E-state index contributed by atoms with van der Waals surface area (Å²) < 4.78 is 14.2. The third kappa shape index (κ3) is 5.35. The van der Waals surface area contributed by atoms with Gasteiger partial charge in [0.2, 0.25) is 0 Å². The number of fused-ring (bicyclic) bond motifs is 1. The molecule has 2 aromatic heterocycles. The first kappa shape index (κ1) is 26.7. The van der Waals surface area contributed by atoms with Gasteiger partial charge >= 0.3 is 5.97 Å². The lowest BCUT2D eigenvalue weighted by atomic mass is 10.0. The van der Waals surface area contributed by atoms with Crippen molar-refractivity contribution in [2.45, 2.75) is 16.4 Å². The van der Waals surface area contributed by atoms with Gasteiger partial charge in [0.25, 0.3) is 11.8 Å². The number of hydrogen-bond acceptors (Lipinski definition) is 11. The number of carboxylic acids is 1. The molecule has 3 aromatic rings. The summed E-state index contributed by atoms with van der Waals surface area (Å²) in [6, 6.07) is 10.1. The smallest absolute Gasteiger partial charge is 0.353 e. The molecule has 0 radical (unpaired) electrons. The van der Waals surface area contributed by atoms with E-state index in [2.05, 4.69) is 20.6 Å². The minimum absolute atomic E-state index is 0.105. The van der Waals surface area contributed by atoms with Crippen LogP contribution in [-0.4, -0.2) is 78.7 Å². The summed E-state index contributed by atoms with van der Waals surface area (Å²) in [5.41, 5.74) is 6.15. The highest BCUT2D eigenvalue weighted by Crippen LogP contribution is 2.45. The number of halogens is 1. The fourth-order valence-corrected chi connectivity index (χ4v) is 6.97. The van der Waals surface area contributed by atoms with Crippen LogP contribution in [0.1, 0.15) is 5.69 Å². The number of thioether (sulfide) groups is 2. The predicted molar refractivity (Wildman–Crippen MR) is 144 cm³/mol. The molecule has 1 saturated heterocycles. The molecule has 0 saturated carbocycles. The zero-order valence-electron chi connectivity index (χ0n) is 19.9. The minimum atomic E-state index is -1.26. The van der Waals surface area contributed by atoms with Crippen LogP contribution in [0.3, 0.4) is 0 Å². The van der Waals surface area contributed by atoms with Crippen LogP contribution in [0, 0.1) is 0 Å². The van der Waals surface area contributed by atoms with Crippen molar-refractivity contribution in [1.29, 1.82) is 0 Å². The summed E-state index contributed by atoms with van der Waals surface area (Å²) in [5.74, 6) is -2.34. The molecule has 2 amide bonds. The van der Waals surface area contributed by atoms with E-state index in [1.54, 1.807) is 16.9 Å². The van der Waals surface area contributed by atoms with Crippen molar-refractivity contribution in [1.82, 2.24) is 25.0 Å². The van der Waals surface area contributed by atoms with Gasteiger partial charge in [-0.2, -0.15) is 5.10 Å². The fraction of sp³-hybridized carbons (Fsp3) is 0.217. The molecule has 1 fully saturated rings. The molecule has 4 N–H and O–H groups in total. The van der Waals surface area contributed by atoms with E-state index in [1.807, 2.05) is 30.3 Å². The van der Waals surface area contributed by atoms with Crippen molar-refractivity contribution in [3.8, 4) is 5.69 Å². The van der Waals surface area contributed by atoms with Gasteiger partial charge in [-0.1, -0.05) is 35.1 Å². The Morgan fingerprint density at radius 3 is 2.79 bits per heavy atom. The van der Waals surface area contributed by atoms with Crippen molar-refractivity contribution in [3.63, 3.8) is 0 Å². The van der Waals surface area contributed by atoms with Crippen molar-refractivity contribution in [2.24, 2.45) is 5.16 Å². The number of hydrogen-bond donors (Lipinski definition) is 3. The Kier molecular flexibility index (Phi) is 7.85. The molecule has 16 heteroatoms. The largest absolute Gasteiger partial charge is 0.477 e. The van der Waals surface area contributed by atoms with Gasteiger partial charge in [0.1, 0.15) is 41.1 Å². The number of anilines is 1. The van der Waals surface area contributed by atoms with Crippen LogP contribution in [0.25, 0.3) is 5.69 Å². The van der Waals surface area contributed by atoms with Crippen LogP contribution in [0.4, 0.5) is 9.52 Å². The molecular weight excluding hydrogens is 569 g/mol. The van der Waals surface area contributed by atoms with Crippen LogP contribution >= 0.6 is 34.9 Å². The lowest BCUT2D eigenvalue weighted by Gasteiger charge is -2.49. The monoisotopic (exact) mass is 589 g/mol. The second-order valence-corrected chi connectivity index (χ2v) is 11.1. The van der Waals surface area contributed by atoms with E-state index in [9.17, 15) is 23.9 Å². The molecule has 2 aliphatic rings. The molecule has 5 rings (SSSR count).